The van der Waals surface area contributed by atoms with Gasteiger partial charge in [-0.05, 0) is 69.6 Å². The first kappa shape index (κ1) is 30.2. The number of ether oxygens (including phenoxy) is 2. The first-order valence-electron chi connectivity index (χ1n) is 14.2. The molecule has 1 saturated heterocycles. The summed E-state index contributed by atoms with van der Waals surface area (Å²) in [7, 11) is 1.60. The van der Waals surface area contributed by atoms with Crippen molar-refractivity contribution in [2.24, 2.45) is 17.8 Å². The summed E-state index contributed by atoms with van der Waals surface area (Å²) in [5.41, 5.74) is -0.875. The lowest BCUT2D eigenvalue weighted by Crippen LogP contribution is -2.59. The molecule has 2 heterocycles. The van der Waals surface area contributed by atoms with Gasteiger partial charge in [0.1, 0.15) is 27.7 Å². The lowest BCUT2D eigenvalue weighted by Gasteiger charge is -2.43. The van der Waals surface area contributed by atoms with E-state index in [2.05, 4.69) is 25.8 Å². The molecule has 1 aliphatic heterocycles. The number of aromatic nitrogens is 1. The van der Waals surface area contributed by atoms with E-state index >= 15 is 0 Å². The van der Waals surface area contributed by atoms with E-state index in [9.17, 15) is 14.4 Å². The molecule has 1 amide bonds. The SMILES string of the molecule is COc1cc(C(=O)N2[C@@H](c3ncc(C)s3)[C@H]3C(=O)CCC3[C@@]2(CC(C)C)C(=O)OC(C)(C)C)ccc1C(C)(C)C. The smallest absolute Gasteiger partial charge is 0.332 e. The largest absolute Gasteiger partial charge is 0.496 e. The van der Waals surface area contributed by atoms with Gasteiger partial charge in [-0.1, -0.05) is 40.7 Å². The van der Waals surface area contributed by atoms with Crippen molar-refractivity contribution in [3.05, 3.63) is 45.4 Å². The van der Waals surface area contributed by atoms with Crippen molar-refractivity contribution in [2.45, 2.75) is 104 Å². The number of esters is 1. The summed E-state index contributed by atoms with van der Waals surface area (Å²) < 4.78 is 11.8. The predicted molar refractivity (Wildman–Crippen MR) is 157 cm³/mol. The second-order valence-corrected chi connectivity index (χ2v) is 15.0. The van der Waals surface area contributed by atoms with Crippen LogP contribution in [0.3, 0.4) is 0 Å². The molecule has 4 rings (SSSR count). The van der Waals surface area contributed by atoms with E-state index in [0.717, 1.165) is 10.4 Å². The zero-order valence-corrected chi connectivity index (χ0v) is 26.4. The third-order valence-corrected chi connectivity index (χ3v) is 8.99. The van der Waals surface area contributed by atoms with Crippen molar-refractivity contribution in [1.29, 1.82) is 0 Å². The van der Waals surface area contributed by atoms with Gasteiger partial charge in [-0.15, -0.1) is 11.3 Å². The number of hydrogen-bond acceptors (Lipinski definition) is 7. The summed E-state index contributed by atoms with van der Waals surface area (Å²) in [5.74, 6) is -0.875. The molecule has 0 radical (unpaired) electrons. The maximum Gasteiger partial charge on any atom is 0.332 e. The summed E-state index contributed by atoms with van der Waals surface area (Å²) in [4.78, 5) is 50.1. The zero-order valence-electron chi connectivity index (χ0n) is 25.6. The molecule has 1 aromatic carbocycles. The van der Waals surface area contributed by atoms with E-state index in [4.69, 9.17) is 9.47 Å². The number of amides is 1. The van der Waals surface area contributed by atoms with E-state index in [1.165, 1.54) is 11.3 Å². The maximum absolute atomic E-state index is 14.8. The minimum atomic E-state index is -1.31. The van der Waals surface area contributed by atoms with Gasteiger partial charge in [-0.3, -0.25) is 9.59 Å². The number of thiazole rings is 1. The van der Waals surface area contributed by atoms with Gasteiger partial charge in [-0.25, -0.2) is 9.78 Å². The van der Waals surface area contributed by atoms with Crippen molar-refractivity contribution >= 4 is 29.0 Å². The van der Waals surface area contributed by atoms with E-state index in [1.54, 1.807) is 30.3 Å². The molecule has 0 N–H and O–H groups in total. The molecule has 1 saturated carbocycles. The van der Waals surface area contributed by atoms with Crippen molar-refractivity contribution < 1.29 is 23.9 Å². The van der Waals surface area contributed by atoms with Gasteiger partial charge in [0, 0.05) is 29.0 Å². The fourth-order valence-electron chi connectivity index (χ4n) is 6.62. The van der Waals surface area contributed by atoms with Gasteiger partial charge in [0.05, 0.1) is 19.1 Å². The number of aryl methyl sites for hydroxylation is 1. The number of Topliss-reactive ketones (excluding diaryl/α,β-unsaturated/α-hetero) is 1. The Morgan fingerprint density at radius 1 is 1.18 bits per heavy atom. The van der Waals surface area contributed by atoms with Gasteiger partial charge in [0.25, 0.3) is 5.91 Å². The van der Waals surface area contributed by atoms with Crippen LogP contribution in [0.25, 0.3) is 0 Å². The Balaban J connectivity index is 1.98. The van der Waals surface area contributed by atoms with E-state index in [-0.39, 0.29) is 28.9 Å². The van der Waals surface area contributed by atoms with Crippen LogP contribution in [0.5, 0.6) is 5.75 Å². The first-order chi connectivity index (χ1) is 18.5. The Hall–Kier alpha value is -2.74. The molecule has 4 atom stereocenters. The number of hydrogen-bond donors (Lipinski definition) is 0. The number of methoxy groups -OCH3 is 1. The quantitative estimate of drug-likeness (QED) is 0.362. The minimum Gasteiger partial charge on any atom is -0.496 e. The predicted octanol–water partition coefficient (Wildman–Crippen LogP) is 6.68. The lowest BCUT2D eigenvalue weighted by molar-refractivity contribution is -0.171. The summed E-state index contributed by atoms with van der Waals surface area (Å²) in [6, 6.07) is 4.85. The Morgan fingerprint density at radius 3 is 2.38 bits per heavy atom. The van der Waals surface area contributed by atoms with Crippen LogP contribution in [0.1, 0.15) is 107 Å². The molecule has 2 aromatic rings. The van der Waals surface area contributed by atoms with Crippen LogP contribution in [0, 0.1) is 24.7 Å². The topological polar surface area (TPSA) is 85.8 Å². The molecule has 1 aliphatic carbocycles. The van der Waals surface area contributed by atoms with Crippen LogP contribution in [-0.4, -0.2) is 45.8 Å². The van der Waals surface area contributed by atoms with Crippen molar-refractivity contribution in [3.8, 4) is 5.75 Å². The molecule has 0 bridgehead atoms. The fraction of sp³-hybridized carbons (Fsp3) is 0.625. The molecule has 2 fully saturated rings. The van der Waals surface area contributed by atoms with E-state index in [0.29, 0.717) is 35.6 Å². The first-order valence-corrected chi connectivity index (χ1v) is 15.0. The van der Waals surface area contributed by atoms with Gasteiger partial charge >= 0.3 is 5.97 Å². The Labute approximate surface area is 242 Å². The highest BCUT2D eigenvalue weighted by Crippen LogP contribution is 2.59. The third kappa shape index (κ3) is 5.31. The van der Waals surface area contributed by atoms with Crippen molar-refractivity contribution in [1.82, 2.24) is 9.88 Å². The number of likely N-dealkylation sites (tertiary alicyclic amines) is 1. The highest BCUT2D eigenvalue weighted by atomic mass is 32.1. The summed E-state index contributed by atoms with van der Waals surface area (Å²) in [6.07, 6.45) is 3.08. The number of rotatable bonds is 6. The molecule has 7 nitrogen and oxygen atoms in total. The fourth-order valence-corrected chi connectivity index (χ4v) is 7.54. The molecule has 1 aromatic heterocycles. The average Bonchev–Trinajstić information content (AvgIpc) is 3.51. The average molecular weight is 569 g/mol. The molecule has 2 aliphatic rings. The van der Waals surface area contributed by atoms with Crippen LogP contribution < -0.4 is 4.74 Å². The van der Waals surface area contributed by atoms with Gasteiger partial charge in [-0.2, -0.15) is 0 Å². The molecule has 0 spiro atoms. The monoisotopic (exact) mass is 568 g/mol. The summed E-state index contributed by atoms with van der Waals surface area (Å²) in [6.45, 7) is 17.8. The van der Waals surface area contributed by atoms with Crippen LogP contribution >= 0.6 is 11.3 Å². The van der Waals surface area contributed by atoms with Gasteiger partial charge in [0.2, 0.25) is 0 Å². The van der Waals surface area contributed by atoms with Crippen LogP contribution in [0.4, 0.5) is 0 Å². The Morgan fingerprint density at radius 2 is 1.85 bits per heavy atom. The third-order valence-electron chi connectivity index (χ3n) is 8.01. The number of benzene rings is 1. The number of nitrogens with zero attached hydrogens (tertiary/aromatic N) is 2. The summed E-state index contributed by atoms with van der Waals surface area (Å²) >= 11 is 1.48. The van der Waals surface area contributed by atoms with E-state index < -0.39 is 29.1 Å². The lowest BCUT2D eigenvalue weighted by atomic mass is 9.75. The second kappa shape index (κ2) is 10.6. The number of carbonyl (C=O) groups is 3. The second-order valence-electron chi connectivity index (χ2n) is 13.8. The standard InChI is InChI=1S/C32H44N2O5S/c1-18(2)16-32(29(37)39-31(7,8)9)22-13-14-23(35)25(22)26(27-33-17-19(3)40-27)34(32)28(36)20-11-12-21(30(4,5)6)24(15-20)38-10/h11-12,15,17-18,22,25-26H,13-14,16H2,1-10H3/t22?,25-,26-,32+/m1/s1. The van der Waals surface area contributed by atoms with Gasteiger partial charge in [0.15, 0.2) is 0 Å². The number of fused-ring (bicyclic) bond motifs is 1. The van der Waals surface area contributed by atoms with Crippen LogP contribution in [0.15, 0.2) is 24.4 Å². The van der Waals surface area contributed by atoms with Crippen LogP contribution in [0.2, 0.25) is 0 Å². The Bertz CT molecular complexity index is 1300. The molecule has 218 valence electrons. The highest BCUT2D eigenvalue weighted by Gasteiger charge is 2.69. The van der Waals surface area contributed by atoms with E-state index in [1.807, 2.05) is 47.6 Å². The van der Waals surface area contributed by atoms with Crippen LogP contribution in [-0.2, 0) is 19.7 Å². The number of ketones is 1. The molecule has 1 unspecified atom stereocenters. The highest BCUT2D eigenvalue weighted by molar-refractivity contribution is 7.11. The normalized spacial score (nSPS) is 24.9. The maximum atomic E-state index is 14.8. The van der Waals surface area contributed by atoms with Crippen molar-refractivity contribution in [3.63, 3.8) is 0 Å². The minimum absolute atomic E-state index is 0.0637. The Kier molecular flexibility index (Phi) is 8.00. The summed E-state index contributed by atoms with van der Waals surface area (Å²) in [5, 5.41) is 0.684. The van der Waals surface area contributed by atoms with Crippen molar-refractivity contribution in [2.75, 3.05) is 7.11 Å². The van der Waals surface area contributed by atoms with Gasteiger partial charge < -0.3 is 14.4 Å². The number of carbonyl (C=O) groups excluding carboxylic acids is 3. The zero-order chi connectivity index (χ0) is 29.8. The molecule has 8 heteroatoms. The molecular formula is C32H44N2O5S. The molecular weight excluding hydrogens is 524 g/mol. The molecule has 40 heavy (non-hydrogen) atoms.